The molecule has 2 aromatic rings. The van der Waals surface area contributed by atoms with Crippen molar-refractivity contribution in [2.45, 2.75) is 32.4 Å². The Labute approximate surface area is 115 Å². The number of fused-ring (bicyclic) bond motifs is 3. The van der Waals surface area contributed by atoms with Gasteiger partial charge in [-0.1, -0.05) is 18.2 Å². The molecule has 18 heavy (non-hydrogen) atoms. The van der Waals surface area contributed by atoms with Crippen LogP contribution in [0.25, 0.3) is 10.9 Å². The van der Waals surface area contributed by atoms with Gasteiger partial charge in [0.2, 0.25) is 0 Å². The first kappa shape index (κ1) is 13.4. The van der Waals surface area contributed by atoms with Gasteiger partial charge < -0.3 is 9.47 Å². The second kappa shape index (κ2) is 4.94. The van der Waals surface area contributed by atoms with E-state index < -0.39 is 0 Å². The van der Waals surface area contributed by atoms with Gasteiger partial charge in [0.05, 0.1) is 0 Å². The monoisotopic (exact) mass is 264 g/mol. The molecule has 0 N–H and O–H groups in total. The topological polar surface area (TPSA) is 8.17 Å². The maximum atomic E-state index is 2.53. The highest BCUT2D eigenvalue weighted by Crippen LogP contribution is 2.37. The molecule has 2 heterocycles. The van der Waals surface area contributed by atoms with E-state index in [1.54, 1.807) is 0 Å². The van der Waals surface area contributed by atoms with Gasteiger partial charge in [0, 0.05) is 29.2 Å². The molecule has 0 saturated heterocycles. The van der Waals surface area contributed by atoms with Crippen molar-refractivity contribution in [2.24, 2.45) is 0 Å². The number of hydrogen-bond acceptors (Lipinski definition) is 1. The third-order valence-corrected chi connectivity index (χ3v) is 4.07. The van der Waals surface area contributed by atoms with Gasteiger partial charge in [-0.15, -0.1) is 12.4 Å². The standard InChI is InChI=1S/C15H20N2.ClH/c1-11-12-7-4-5-8-13(12)17-10-6-9-14(15(11)17)16(2)3;/h4-5,7-8,14H,6,9-10H2,1-3H3;1H. The molecule has 0 spiro atoms. The van der Waals surface area contributed by atoms with Crippen molar-refractivity contribution >= 4 is 23.3 Å². The quantitative estimate of drug-likeness (QED) is 0.761. The van der Waals surface area contributed by atoms with Crippen LogP contribution < -0.4 is 0 Å². The number of nitrogens with zero attached hydrogens (tertiary/aromatic N) is 2. The molecule has 1 atom stereocenters. The van der Waals surface area contributed by atoms with Crippen molar-refractivity contribution < 1.29 is 0 Å². The fraction of sp³-hybridized carbons (Fsp3) is 0.467. The molecular weight excluding hydrogens is 244 g/mol. The second-order valence-corrected chi connectivity index (χ2v) is 5.30. The minimum atomic E-state index is 0. The summed E-state index contributed by atoms with van der Waals surface area (Å²) < 4.78 is 2.53. The Morgan fingerprint density at radius 1 is 1.22 bits per heavy atom. The number of rotatable bonds is 1. The highest BCUT2D eigenvalue weighted by molar-refractivity contribution is 5.86. The Morgan fingerprint density at radius 2 is 1.94 bits per heavy atom. The van der Waals surface area contributed by atoms with Crippen molar-refractivity contribution in [1.82, 2.24) is 9.47 Å². The summed E-state index contributed by atoms with van der Waals surface area (Å²) in [4.78, 5) is 2.36. The van der Waals surface area contributed by atoms with E-state index in [2.05, 4.69) is 54.8 Å². The van der Waals surface area contributed by atoms with Crippen LogP contribution in [-0.4, -0.2) is 23.6 Å². The third-order valence-electron chi connectivity index (χ3n) is 4.07. The van der Waals surface area contributed by atoms with E-state index in [0.717, 1.165) is 0 Å². The number of benzene rings is 1. The largest absolute Gasteiger partial charge is 0.343 e. The summed E-state index contributed by atoms with van der Waals surface area (Å²) in [5, 5.41) is 1.43. The highest BCUT2D eigenvalue weighted by atomic mass is 35.5. The summed E-state index contributed by atoms with van der Waals surface area (Å²) in [6.45, 7) is 3.45. The lowest BCUT2D eigenvalue weighted by molar-refractivity contribution is 0.244. The lowest BCUT2D eigenvalue weighted by Crippen LogP contribution is -2.27. The number of aromatic nitrogens is 1. The molecule has 0 aliphatic carbocycles. The normalized spacial score (nSPS) is 18.8. The van der Waals surface area contributed by atoms with Crippen molar-refractivity contribution in [1.29, 1.82) is 0 Å². The summed E-state index contributed by atoms with van der Waals surface area (Å²) in [5.41, 5.74) is 4.41. The van der Waals surface area contributed by atoms with Gasteiger partial charge in [0.25, 0.3) is 0 Å². The first-order valence-electron chi connectivity index (χ1n) is 6.44. The molecule has 1 aromatic heterocycles. The van der Waals surface area contributed by atoms with Gasteiger partial charge >= 0.3 is 0 Å². The van der Waals surface area contributed by atoms with Crippen LogP contribution in [0.1, 0.15) is 30.1 Å². The van der Waals surface area contributed by atoms with E-state index in [4.69, 9.17) is 0 Å². The summed E-state index contributed by atoms with van der Waals surface area (Å²) in [6.07, 6.45) is 2.57. The summed E-state index contributed by atoms with van der Waals surface area (Å²) in [6, 6.07) is 9.38. The molecule has 0 bridgehead atoms. The average molecular weight is 265 g/mol. The average Bonchev–Trinajstić information content (AvgIpc) is 2.64. The zero-order chi connectivity index (χ0) is 12.0. The van der Waals surface area contributed by atoms with E-state index in [1.807, 2.05) is 0 Å². The summed E-state index contributed by atoms with van der Waals surface area (Å²) in [5.74, 6) is 0. The van der Waals surface area contributed by atoms with Crippen molar-refractivity contribution in [3.05, 3.63) is 35.5 Å². The van der Waals surface area contributed by atoms with Gasteiger partial charge in [-0.25, -0.2) is 0 Å². The van der Waals surface area contributed by atoms with Gasteiger partial charge in [-0.2, -0.15) is 0 Å². The molecule has 98 valence electrons. The van der Waals surface area contributed by atoms with Crippen LogP contribution in [0.2, 0.25) is 0 Å². The maximum absolute atomic E-state index is 2.53. The number of hydrogen-bond donors (Lipinski definition) is 0. The summed E-state index contributed by atoms with van der Waals surface area (Å²) >= 11 is 0. The fourth-order valence-electron chi connectivity index (χ4n) is 3.25. The first-order chi connectivity index (χ1) is 8.20. The predicted molar refractivity (Wildman–Crippen MR) is 79.6 cm³/mol. The maximum Gasteiger partial charge on any atom is 0.0498 e. The molecule has 0 saturated carbocycles. The second-order valence-electron chi connectivity index (χ2n) is 5.30. The van der Waals surface area contributed by atoms with E-state index in [-0.39, 0.29) is 12.4 Å². The zero-order valence-corrected chi connectivity index (χ0v) is 12.1. The third kappa shape index (κ3) is 1.84. The van der Waals surface area contributed by atoms with Crippen LogP contribution in [0.5, 0.6) is 0 Å². The van der Waals surface area contributed by atoms with E-state index >= 15 is 0 Å². The zero-order valence-electron chi connectivity index (χ0n) is 11.3. The lowest BCUT2D eigenvalue weighted by atomic mass is 10.00. The number of para-hydroxylation sites is 1. The van der Waals surface area contributed by atoms with Crippen LogP contribution >= 0.6 is 12.4 Å². The van der Waals surface area contributed by atoms with E-state index in [9.17, 15) is 0 Å². The van der Waals surface area contributed by atoms with Crippen LogP contribution in [0.4, 0.5) is 0 Å². The molecule has 0 radical (unpaired) electrons. The SMILES string of the molecule is Cc1c2n(c3ccccc13)CCCC2N(C)C.Cl. The van der Waals surface area contributed by atoms with Gasteiger partial charge in [-0.05, 0) is 45.5 Å². The Balaban J connectivity index is 0.00000120. The molecule has 1 unspecified atom stereocenters. The van der Waals surface area contributed by atoms with Gasteiger partial charge in [0.1, 0.15) is 0 Å². The molecular formula is C15H21ClN2. The smallest absolute Gasteiger partial charge is 0.0498 e. The molecule has 1 aliphatic rings. The predicted octanol–water partition coefficient (Wildman–Crippen LogP) is 3.77. The number of aryl methyl sites for hydroxylation is 2. The lowest BCUT2D eigenvalue weighted by Gasteiger charge is -2.31. The fourth-order valence-corrected chi connectivity index (χ4v) is 3.25. The van der Waals surface area contributed by atoms with Gasteiger partial charge in [0.15, 0.2) is 0 Å². The van der Waals surface area contributed by atoms with Crippen LogP contribution in [0.3, 0.4) is 0 Å². The van der Waals surface area contributed by atoms with Crippen molar-refractivity contribution in [3.8, 4) is 0 Å². The molecule has 0 amide bonds. The summed E-state index contributed by atoms with van der Waals surface area (Å²) in [7, 11) is 4.38. The minimum absolute atomic E-state index is 0. The van der Waals surface area contributed by atoms with E-state index in [1.165, 1.54) is 41.5 Å². The van der Waals surface area contributed by atoms with Gasteiger partial charge in [-0.3, -0.25) is 0 Å². The Morgan fingerprint density at radius 3 is 2.67 bits per heavy atom. The van der Waals surface area contributed by atoms with Crippen LogP contribution in [-0.2, 0) is 6.54 Å². The Kier molecular flexibility index (Phi) is 3.69. The van der Waals surface area contributed by atoms with E-state index in [0.29, 0.717) is 6.04 Å². The first-order valence-corrected chi connectivity index (χ1v) is 6.44. The molecule has 3 heteroatoms. The molecule has 2 nitrogen and oxygen atoms in total. The van der Waals surface area contributed by atoms with Crippen molar-refractivity contribution in [3.63, 3.8) is 0 Å². The molecule has 0 fully saturated rings. The Hall–Kier alpha value is -0.990. The molecule has 1 aromatic carbocycles. The highest BCUT2D eigenvalue weighted by Gasteiger charge is 2.26. The van der Waals surface area contributed by atoms with Crippen LogP contribution in [0.15, 0.2) is 24.3 Å². The van der Waals surface area contributed by atoms with Crippen LogP contribution in [0, 0.1) is 6.92 Å². The Bertz CT molecular complexity index is 557. The molecule has 1 aliphatic heterocycles. The minimum Gasteiger partial charge on any atom is -0.343 e. The molecule has 3 rings (SSSR count). The van der Waals surface area contributed by atoms with Crippen molar-refractivity contribution in [2.75, 3.05) is 14.1 Å². The number of halogens is 1.